The largest absolute Gasteiger partial charge is 0.350 e. The zero-order valence-electron chi connectivity index (χ0n) is 9.83. The van der Waals surface area contributed by atoms with Gasteiger partial charge >= 0.3 is 0 Å². The van der Waals surface area contributed by atoms with Crippen molar-refractivity contribution in [2.75, 3.05) is 7.05 Å². The average Bonchev–Trinajstić information content (AvgIpc) is 2.54. The first kappa shape index (κ1) is 10.2. The van der Waals surface area contributed by atoms with Crippen molar-refractivity contribution in [3.8, 4) is 0 Å². The van der Waals surface area contributed by atoms with Crippen LogP contribution in [-0.4, -0.2) is 11.6 Å². The number of aromatic nitrogens is 1. The van der Waals surface area contributed by atoms with E-state index in [9.17, 15) is 0 Å². The van der Waals surface area contributed by atoms with Gasteiger partial charge in [0, 0.05) is 24.7 Å². The summed E-state index contributed by atoms with van der Waals surface area (Å²) in [7, 11) is 4.11. The molecular formula is C13H18N2. The highest BCUT2D eigenvalue weighted by atomic mass is 14.9. The van der Waals surface area contributed by atoms with Crippen molar-refractivity contribution in [1.82, 2.24) is 9.88 Å². The summed E-state index contributed by atoms with van der Waals surface area (Å²) in [5, 5.41) is 4.65. The van der Waals surface area contributed by atoms with Crippen LogP contribution in [-0.2, 0) is 7.05 Å². The molecule has 1 N–H and O–H groups in total. The third-order valence-electron chi connectivity index (χ3n) is 3.13. The lowest BCUT2D eigenvalue weighted by molar-refractivity contribution is 0.654. The van der Waals surface area contributed by atoms with Crippen LogP contribution < -0.4 is 5.32 Å². The molecule has 0 aliphatic carbocycles. The van der Waals surface area contributed by atoms with E-state index in [0.717, 1.165) is 0 Å². The van der Waals surface area contributed by atoms with Gasteiger partial charge in [0.2, 0.25) is 0 Å². The Kier molecular flexibility index (Phi) is 2.53. The third-order valence-corrected chi connectivity index (χ3v) is 3.13. The second-order valence-electron chi connectivity index (χ2n) is 4.18. The van der Waals surface area contributed by atoms with Gasteiger partial charge in [0.05, 0.1) is 5.52 Å². The Balaban J connectivity index is 2.75. The van der Waals surface area contributed by atoms with Crippen molar-refractivity contribution in [3.05, 3.63) is 35.5 Å². The summed E-state index contributed by atoms with van der Waals surface area (Å²) in [6.07, 6.45) is 2.19. The minimum atomic E-state index is 0.390. The quantitative estimate of drug-likeness (QED) is 0.792. The highest BCUT2D eigenvalue weighted by Crippen LogP contribution is 2.27. The van der Waals surface area contributed by atoms with Gasteiger partial charge in [0.15, 0.2) is 0 Å². The molecule has 0 aliphatic heterocycles. The minimum absolute atomic E-state index is 0.390. The van der Waals surface area contributed by atoms with Crippen molar-refractivity contribution < 1.29 is 0 Å². The maximum absolute atomic E-state index is 3.30. The average molecular weight is 202 g/mol. The summed E-state index contributed by atoms with van der Waals surface area (Å²) in [6, 6.07) is 6.92. The van der Waals surface area contributed by atoms with Crippen molar-refractivity contribution >= 4 is 10.9 Å². The first-order valence-corrected chi connectivity index (χ1v) is 5.37. The molecule has 0 saturated heterocycles. The normalized spacial score (nSPS) is 13.3. The van der Waals surface area contributed by atoms with Crippen LogP contribution in [0.1, 0.15) is 24.1 Å². The van der Waals surface area contributed by atoms with Crippen molar-refractivity contribution in [2.45, 2.75) is 19.9 Å². The Bertz CT molecular complexity index is 482. The lowest BCUT2D eigenvalue weighted by Gasteiger charge is -2.13. The summed E-state index contributed by atoms with van der Waals surface area (Å²) in [5.41, 5.74) is 4.06. The summed E-state index contributed by atoms with van der Waals surface area (Å²) >= 11 is 0. The van der Waals surface area contributed by atoms with Gasteiger partial charge in [-0.3, -0.25) is 0 Å². The smallest absolute Gasteiger partial charge is 0.0528 e. The second-order valence-corrected chi connectivity index (χ2v) is 4.18. The highest BCUT2D eigenvalue weighted by Gasteiger charge is 2.11. The Labute approximate surface area is 90.9 Å². The van der Waals surface area contributed by atoms with Crippen LogP contribution in [0.2, 0.25) is 0 Å². The highest BCUT2D eigenvalue weighted by molar-refractivity contribution is 5.86. The van der Waals surface area contributed by atoms with Gasteiger partial charge in [-0.15, -0.1) is 0 Å². The summed E-state index contributed by atoms with van der Waals surface area (Å²) in [6.45, 7) is 4.35. The van der Waals surface area contributed by atoms with Gasteiger partial charge in [-0.05, 0) is 32.0 Å². The fourth-order valence-electron chi connectivity index (χ4n) is 2.20. The molecule has 0 bridgehead atoms. The monoisotopic (exact) mass is 202 g/mol. The van der Waals surface area contributed by atoms with Crippen molar-refractivity contribution in [1.29, 1.82) is 0 Å². The van der Waals surface area contributed by atoms with E-state index in [2.05, 4.69) is 55.2 Å². The van der Waals surface area contributed by atoms with Crippen molar-refractivity contribution in [2.24, 2.45) is 7.05 Å². The molecule has 0 amide bonds. The molecule has 2 aromatic rings. The van der Waals surface area contributed by atoms with Gasteiger partial charge in [0.25, 0.3) is 0 Å². The first-order valence-electron chi connectivity index (χ1n) is 5.37. The fraction of sp³-hybridized carbons (Fsp3) is 0.385. The predicted octanol–water partition coefficient (Wildman–Crippen LogP) is 2.77. The molecule has 1 unspecified atom stereocenters. The van der Waals surface area contributed by atoms with Crippen molar-refractivity contribution in [3.63, 3.8) is 0 Å². The van der Waals surface area contributed by atoms with E-state index < -0.39 is 0 Å². The van der Waals surface area contributed by atoms with Crippen LogP contribution in [0.4, 0.5) is 0 Å². The van der Waals surface area contributed by atoms with E-state index in [-0.39, 0.29) is 0 Å². The second kappa shape index (κ2) is 3.70. The zero-order chi connectivity index (χ0) is 11.0. The van der Waals surface area contributed by atoms with Gasteiger partial charge in [-0.2, -0.15) is 0 Å². The lowest BCUT2D eigenvalue weighted by Crippen LogP contribution is -2.13. The molecule has 1 heterocycles. The Morgan fingerprint density at radius 3 is 2.73 bits per heavy atom. The Morgan fingerprint density at radius 2 is 2.07 bits per heavy atom. The standard InChI is InChI=1S/C13H18N2/c1-9-8-15(4)13-11(9)6-5-7-12(13)10(2)14-3/h5-8,10,14H,1-4H3. The van der Waals surface area contributed by atoms with Gasteiger partial charge in [-0.25, -0.2) is 0 Å². The number of hydrogen-bond acceptors (Lipinski definition) is 1. The number of hydrogen-bond donors (Lipinski definition) is 1. The number of nitrogens with zero attached hydrogens (tertiary/aromatic N) is 1. The van der Waals surface area contributed by atoms with Crippen LogP contribution >= 0.6 is 0 Å². The van der Waals surface area contributed by atoms with E-state index in [1.165, 1.54) is 22.0 Å². The number of nitrogens with one attached hydrogen (secondary N) is 1. The maximum atomic E-state index is 3.30. The molecule has 0 saturated carbocycles. The number of fused-ring (bicyclic) bond motifs is 1. The summed E-state index contributed by atoms with van der Waals surface area (Å²) < 4.78 is 2.22. The van der Waals surface area contributed by atoms with E-state index in [4.69, 9.17) is 0 Å². The molecule has 1 aromatic heterocycles. The maximum Gasteiger partial charge on any atom is 0.0528 e. The molecule has 1 aromatic carbocycles. The predicted molar refractivity (Wildman–Crippen MR) is 65.1 cm³/mol. The minimum Gasteiger partial charge on any atom is -0.350 e. The first-order chi connectivity index (χ1) is 7.15. The van der Waals surface area contributed by atoms with E-state index in [0.29, 0.717) is 6.04 Å². The van der Waals surface area contributed by atoms with E-state index in [1.54, 1.807) is 0 Å². The van der Waals surface area contributed by atoms with Crippen LogP contribution in [0.15, 0.2) is 24.4 Å². The fourth-order valence-corrected chi connectivity index (χ4v) is 2.20. The molecule has 0 spiro atoms. The number of benzene rings is 1. The van der Waals surface area contributed by atoms with E-state index in [1.807, 2.05) is 7.05 Å². The third kappa shape index (κ3) is 1.55. The number of aryl methyl sites for hydroxylation is 2. The SMILES string of the molecule is CNC(C)c1cccc2c(C)cn(C)c12. The van der Waals surface area contributed by atoms with Crippen LogP contribution in [0, 0.1) is 6.92 Å². The van der Waals surface area contributed by atoms with E-state index >= 15 is 0 Å². The van der Waals surface area contributed by atoms with Gasteiger partial charge in [0.1, 0.15) is 0 Å². The van der Waals surface area contributed by atoms with Crippen LogP contribution in [0.25, 0.3) is 10.9 Å². The summed E-state index contributed by atoms with van der Waals surface area (Å²) in [5.74, 6) is 0. The molecule has 0 radical (unpaired) electrons. The summed E-state index contributed by atoms with van der Waals surface area (Å²) in [4.78, 5) is 0. The Morgan fingerprint density at radius 1 is 1.33 bits per heavy atom. The molecule has 2 heteroatoms. The topological polar surface area (TPSA) is 17.0 Å². The molecule has 0 aliphatic rings. The molecule has 1 atom stereocenters. The molecule has 0 fully saturated rings. The lowest BCUT2D eigenvalue weighted by atomic mass is 10.0. The van der Waals surface area contributed by atoms with Gasteiger partial charge in [-0.1, -0.05) is 18.2 Å². The van der Waals surface area contributed by atoms with Crippen LogP contribution in [0.5, 0.6) is 0 Å². The molecule has 2 rings (SSSR count). The Hall–Kier alpha value is -1.28. The van der Waals surface area contributed by atoms with Gasteiger partial charge < -0.3 is 9.88 Å². The molecule has 80 valence electrons. The number of rotatable bonds is 2. The molecule has 15 heavy (non-hydrogen) atoms. The zero-order valence-corrected chi connectivity index (χ0v) is 9.83. The van der Waals surface area contributed by atoms with Crippen LogP contribution in [0.3, 0.4) is 0 Å². The molecular weight excluding hydrogens is 184 g/mol. The number of para-hydroxylation sites is 1. The molecule has 2 nitrogen and oxygen atoms in total.